The zero-order valence-electron chi connectivity index (χ0n) is 9.09. The van der Waals surface area contributed by atoms with E-state index in [9.17, 15) is 0 Å². The van der Waals surface area contributed by atoms with Crippen molar-refractivity contribution in [2.45, 2.75) is 5.33 Å². The molecule has 0 radical (unpaired) electrons. The largest absolute Gasteiger partial charge is 0.455 e. The van der Waals surface area contributed by atoms with Crippen LogP contribution >= 0.6 is 55.1 Å². The summed E-state index contributed by atoms with van der Waals surface area (Å²) in [5, 5.41) is 1.59. The third-order valence-corrected chi connectivity index (χ3v) is 4.21. The standard InChI is InChI=1S/C13H8Br2Cl2O/c14-7-8-4-5-9(15)6-12(8)18-11-3-1-2-10(16)13(11)17/h1-6H,7H2. The molecule has 0 aliphatic rings. The van der Waals surface area contributed by atoms with Gasteiger partial charge in [-0.05, 0) is 24.3 Å². The highest BCUT2D eigenvalue weighted by Gasteiger charge is 2.09. The van der Waals surface area contributed by atoms with Gasteiger partial charge in [0.2, 0.25) is 0 Å². The molecule has 94 valence electrons. The lowest BCUT2D eigenvalue weighted by atomic mass is 10.2. The third kappa shape index (κ3) is 3.21. The Morgan fingerprint density at radius 3 is 2.56 bits per heavy atom. The summed E-state index contributed by atoms with van der Waals surface area (Å²) < 4.78 is 6.76. The summed E-state index contributed by atoms with van der Waals surface area (Å²) in [6, 6.07) is 11.1. The van der Waals surface area contributed by atoms with E-state index in [0.29, 0.717) is 21.1 Å². The highest BCUT2D eigenvalue weighted by molar-refractivity contribution is 9.10. The van der Waals surface area contributed by atoms with Crippen LogP contribution in [-0.2, 0) is 5.33 Å². The van der Waals surface area contributed by atoms with Gasteiger partial charge >= 0.3 is 0 Å². The third-order valence-electron chi connectivity index (χ3n) is 2.31. The number of benzene rings is 2. The Bertz CT molecular complexity index is 573. The summed E-state index contributed by atoms with van der Waals surface area (Å²) in [5.74, 6) is 1.29. The minimum absolute atomic E-state index is 0.416. The van der Waals surface area contributed by atoms with E-state index in [1.807, 2.05) is 18.2 Å². The van der Waals surface area contributed by atoms with E-state index in [4.69, 9.17) is 27.9 Å². The fourth-order valence-corrected chi connectivity index (χ4v) is 2.55. The Kier molecular flexibility index (Phi) is 4.96. The lowest BCUT2D eigenvalue weighted by Crippen LogP contribution is -1.90. The highest BCUT2D eigenvalue weighted by Crippen LogP contribution is 2.37. The summed E-state index contributed by atoms with van der Waals surface area (Å²) in [6.45, 7) is 0. The smallest absolute Gasteiger partial charge is 0.147 e. The van der Waals surface area contributed by atoms with E-state index in [1.54, 1.807) is 18.2 Å². The predicted molar refractivity (Wildman–Crippen MR) is 83.3 cm³/mol. The van der Waals surface area contributed by atoms with E-state index in [-0.39, 0.29) is 0 Å². The molecule has 0 aromatic heterocycles. The summed E-state index contributed by atoms with van der Waals surface area (Å²) in [5.41, 5.74) is 1.04. The Morgan fingerprint density at radius 2 is 1.83 bits per heavy atom. The molecule has 0 saturated heterocycles. The van der Waals surface area contributed by atoms with Gasteiger partial charge in [0.15, 0.2) is 0 Å². The number of rotatable bonds is 3. The number of alkyl halides is 1. The minimum atomic E-state index is 0.416. The van der Waals surface area contributed by atoms with Crippen LogP contribution in [0.15, 0.2) is 40.9 Å². The number of halogens is 4. The maximum atomic E-state index is 6.10. The molecule has 0 aliphatic heterocycles. The van der Waals surface area contributed by atoms with Gasteiger partial charge in [0.05, 0.1) is 5.02 Å². The summed E-state index contributed by atoms with van der Waals surface area (Å²) in [4.78, 5) is 0. The van der Waals surface area contributed by atoms with Gasteiger partial charge in [0.1, 0.15) is 16.5 Å². The average molecular weight is 411 g/mol. The minimum Gasteiger partial charge on any atom is -0.455 e. The molecule has 0 aliphatic carbocycles. The van der Waals surface area contributed by atoms with Crippen LogP contribution in [0.3, 0.4) is 0 Å². The van der Waals surface area contributed by atoms with Crippen molar-refractivity contribution in [3.05, 3.63) is 56.5 Å². The fourth-order valence-electron chi connectivity index (χ4n) is 1.42. The van der Waals surface area contributed by atoms with Gasteiger partial charge < -0.3 is 4.74 Å². The molecule has 0 fully saturated rings. The number of hydrogen-bond acceptors (Lipinski definition) is 1. The van der Waals surface area contributed by atoms with Gasteiger partial charge in [-0.15, -0.1) is 0 Å². The van der Waals surface area contributed by atoms with E-state index >= 15 is 0 Å². The SMILES string of the molecule is Clc1cccc(Oc2cc(Br)ccc2CBr)c1Cl. The second-order valence-electron chi connectivity index (χ2n) is 3.54. The molecular formula is C13H8Br2Cl2O. The lowest BCUT2D eigenvalue weighted by molar-refractivity contribution is 0.478. The first-order chi connectivity index (χ1) is 8.61. The first kappa shape index (κ1) is 14.2. The average Bonchev–Trinajstić information content (AvgIpc) is 2.35. The van der Waals surface area contributed by atoms with Crippen molar-refractivity contribution in [3.8, 4) is 11.5 Å². The van der Waals surface area contributed by atoms with E-state index in [0.717, 1.165) is 15.8 Å². The van der Waals surface area contributed by atoms with Crippen LogP contribution in [0, 0.1) is 0 Å². The Balaban J connectivity index is 2.39. The second kappa shape index (κ2) is 6.29. The van der Waals surface area contributed by atoms with Crippen molar-refractivity contribution in [2.75, 3.05) is 0 Å². The van der Waals surface area contributed by atoms with Crippen LogP contribution in [0.1, 0.15) is 5.56 Å². The molecule has 0 N–H and O–H groups in total. The topological polar surface area (TPSA) is 9.23 Å². The van der Waals surface area contributed by atoms with E-state index in [2.05, 4.69) is 31.9 Å². The van der Waals surface area contributed by atoms with Gasteiger partial charge in [0, 0.05) is 15.4 Å². The molecule has 0 spiro atoms. The van der Waals surface area contributed by atoms with Crippen LogP contribution in [0.2, 0.25) is 10.0 Å². The predicted octanol–water partition coefficient (Wildman–Crippen LogP) is 6.44. The van der Waals surface area contributed by atoms with Crippen molar-refractivity contribution < 1.29 is 4.74 Å². The van der Waals surface area contributed by atoms with Gasteiger partial charge in [-0.1, -0.05) is 67.2 Å². The number of hydrogen-bond donors (Lipinski definition) is 0. The van der Waals surface area contributed by atoms with E-state index in [1.165, 1.54) is 0 Å². The maximum Gasteiger partial charge on any atom is 0.147 e. The maximum absolute atomic E-state index is 6.10. The van der Waals surface area contributed by atoms with Gasteiger partial charge in [-0.2, -0.15) is 0 Å². The molecule has 0 saturated carbocycles. The van der Waals surface area contributed by atoms with E-state index < -0.39 is 0 Å². The summed E-state index contributed by atoms with van der Waals surface area (Å²) >= 11 is 18.9. The molecule has 2 rings (SSSR count). The molecule has 5 heteroatoms. The molecular weight excluding hydrogens is 403 g/mol. The van der Waals surface area contributed by atoms with Crippen LogP contribution < -0.4 is 4.74 Å². The first-order valence-corrected chi connectivity index (χ1v) is 7.75. The quantitative estimate of drug-likeness (QED) is 0.529. The monoisotopic (exact) mass is 408 g/mol. The molecule has 1 nitrogen and oxygen atoms in total. The Labute approximate surface area is 132 Å². The van der Waals surface area contributed by atoms with Crippen molar-refractivity contribution in [1.29, 1.82) is 0 Å². The van der Waals surface area contributed by atoms with Gasteiger partial charge in [-0.3, -0.25) is 0 Å². The molecule has 2 aromatic rings. The van der Waals surface area contributed by atoms with Crippen molar-refractivity contribution in [1.82, 2.24) is 0 Å². The Morgan fingerprint density at radius 1 is 1.06 bits per heavy atom. The van der Waals surface area contributed by atoms with Gasteiger partial charge in [-0.25, -0.2) is 0 Å². The molecule has 0 bridgehead atoms. The fraction of sp³-hybridized carbons (Fsp3) is 0.0769. The summed E-state index contributed by atoms with van der Waals surface area (Å²) in [6.07, 6.45) is 0. The molecule has 0 amide bonds. The van der Waals surface area contributed by atoms with Crippen molar-refractivity contribution >= 4 is 55.1 Å². The van der Waals surface area contributed by atoms with Crippen molar-refractivity contribution in [2.24, 2.45) is 0 Å². The van der Waals surface area contributed by atoms with Crippen molar-refractivity contribution in [3.63, 3.8) is 0 Å². The molecule has 0 unspecified atom stereocenters. The molecule has 18 heavy (non-hydrogen) atoms. The molecule has 0 atom stereocenters. The lowest BCUT2D eigenvalue weighted by Gasteiger charge is -2.12. The van der Waals surface area contributed by atoms with Crippen LogP contribution in [-0.4, -0.2) is 0 Å². The zero-order chi connectivity index (χ0) is 13.1. The van der Waals surface area contributed by atoms with Gasteiger partial charge in [0.25, 0.3) is 0 Å². The highest BCUT2D eigenvalue weighted by atomic mass is 79.9. The zero-order valence-corrected chi connectivity index (χ0v) is 13.8. The first-order valence-electron chi connectivity index (χ1n) is 5.08. The Hall–Kier alpha value is -0.220. The molecule has 2 aromatic carbocycles. The number of ether oxygens (including phenoxy) is 1. The van der Waals surface area contributed by atoms with Crippen LogP contribution in [0.4, 0.5) is 0 Å². The van der Waals surface area contributed by atoms with Crippen LogP contribution in [0.5, 0.6) is 11.5 Å². The molecule has 0 heterocycles. The van der Waals surface area contributed by atoms with Crippen LogP contribution in [0.25, 0.3) is 0 Å². The summed E-state index contributed by atoms with van der Waals surface area (Å²) in [7, 11) is 0. The normalized spacial score (nSPS) is 10.4. The second-order valence-corrected chi connectivity index (χ2v) is 5.80.